The molecule has 4 aromatic rings. The van der Waals surface area contributed by atoms with Gasteiger partial charge in [0, 0.05) is 48.3 Å². The Balaban J connectivity index is 0.00000165. The van der Waals surface area contributed by atoms with E-state index < -0.39 is 0 Å². The first-order valence-corrected chi connectivity index (χ1v) is 15.0. The van der Waals surface area contributed by atoms with Crippen molar-refractivity contribution in [3.8, 4) is 17.1 Å². The fraction of sp³-hybridized carbons (Fsp3) is 0.303. The van der Waals surface area contributed by atoms with E-state index in [1.807, 2.05) is 55.1 Å². The molecule has 1 fully saturated rings. The van der Waals surface area contributed by atoms with Crippen LogP contribution in [0, 0.1) is 13.8 Å². The topological polar surface area (TPSA) is 70.6 Å². The normalized spacial score (nSPS) is 16.9. The fourth-order valence-electron chi connectivity index (χ4n) is 5.31. The number of ether oxygens (including phenoxy) is 1. The van der Waals surface area contributed by atoms with Gasteiger partial charge in [-0.3, -0.25) is 14.4 Å². The lowest BCUT2D eigenvalue weighted by Gasteiger charge is -2.25. The number of nitrogens with one attached hydrogen (secondary N) is 1. The van der Waals surface area contributed by atoms with Crippen LogP contribution >= 0.6 is 11.9 Å². The lowest BCUT2D eigenvalue weighted by atomic mass is 10.00. The number of carbonyl (C=O) groups is 1. The van der Waals surface area contributed by atoms with Gasteiger partial charge in [-0.05, 0) is 60.7 Å². The molecule has 212 valence electrons. The molecule has 2 aliphatic rings. The molecule has 1 aromatic heterocycles. The highest BCUT2D eigenvalue weighted by Crippen LogP contribution is 2.31. The van der Waals surface area contributed by atoms with Crippen molar-refractivity contribution in [3.63, 3.8) is 0 Å². The van der Waals surface area contributed by atoms with Crippen molar-refractivity contribution in [2.75, 3.05) is 30.9 Å². The Kier molecular flexibility index (Phi) is 9.21. The Morgan fingerprint density at radius 2 is 1.66 bits per heavy atom. The van der Waals surface area contributed by atoms with E-state index in [0.29, 0.717) is 37.0 Å². The predicted molar refractivity (Wildman–Crippen MR) is 166 cm³/mol. The predicted octanol–water partition coefficient (Wildman–Crippen LogP) is 6.62. The van der Waals surface area contributed by atoms with Crippen molar-refractivity contribution in [1.29, 1.82) is 0 Å². The number of benzene rings is 3. The Morgan fingerprint density at radius 3 is 2.44 bits per heavy atom. The third-order valence-corrected chi connectivity index (χ3v) is 7.95. The summed E-state index contributed by atoms with van der Waals surface area (Å²) in [6.45, 7) is 11.5. The smallest absolute Gasteiger partial charge is 0.254 e. The highest BCUT2D eigenvalue weighted by molar-refractivity contribution is 8.00. The second-order valence-electron chi connectivity index (χ2n) is 10.1. The molecule has 1 atom stereocenters. The highest BCUT2D eigenvalue weighted by Gasteiger charge is 2.29. The maximum Gasteiger partial charge on any atom is 0.254 e. The van der Waals surface area contributed by atoms with E-state index in [9.17, 15) is 4.79 Å². The zero-order chi connectivity index (χ0) is 28.8. The van der Waals surface area contributed by atoms with Gasteiger partial charge in [0.25, 0.3) is 5.91 Å². The third-order valence-electron chi connectivity index (χ3n) is 7.18. The van der Waals surface area contributed by atoms with Crippen LogP contribution in [0.3, 0.4) is 0 Å². The molecular weight excluding hydrogens is 530 g/mol. The molecule has 0 radical (unpaired) electrons. The molecule has 3 heterocycles. The molecule has 0 spiro atoms. The summed E-state index contributed by atoms with van der Waals surface area (Å²) in [5.74, 6) is 0.981. The zero-order valence-electron chi connectivity index (χ0n) is 24.1. The van der Waals surface area contributed by atoms with E-state index in [2.05, 4.69) is 65.9 Å². The Hall–Kier alpha value is -3.88. The van der Waals surface area contributed by atoms with Crippen LogP contribution in [-0.2, 0) is 6.54 Å². The van der Waals surface area contributed by atoms with Gasteiger partial charge in [-0.25, -0.2) is 4.98 Å². The molecule has 1 amide bonds. The molecule has 0 aliphatic carbocycles. The number of aryl methyl sites for hydroxylation is 2. The molecule has 1 saturated heterocycles. The van der Waals surface area contributed by atoms with Crippen molar-refractivity contribution < 1.29 is 9.53 Å². The summed E-state index contributed by atoms with van der Waals surface area (Å²) in [6, 6.07) is 26.3. The zero-order valence-corrected chi connectivity index (χ0v) is 24.9. The molecule has 0 saturated carbocycles. The van der Waals surface area contributed by atoms with Crippen LogP contribution in [-0.4, -0.2) is 58.0 Å². The maximum absolute atomic E-state index is 13.6. The number of rotatable bonds is 3. The SMILES string of the molecule is CC.Cc1cccc(C)c1-c1cc2nc(n1)NSc1cccc(c1)C(=O)N1CCN(Cc3ccccc3)CC(C1)O2. The van der Waals surface area contributed by atoms with Crippen LogP contribution in [0.5, 0.6) is 5.88 Å². The van der Waals surface area contributed by atoms with E-state index in [4.69, 9.17) is 14.7 Å². The van der Waals surface area contributed by atoms with Gasteiger partial charge in [-0.1, -0.05) is 68.4 Å². The van der Waals surface area contributed by atoms with Gasteiger partial charge in [0.1, 0.15) is 6.10 Å². The molecule has 6 rings (SSSR count). The largest absolute Gasteiger partial charge is 0.471 e. The van der Waals surface area contributed by atoms with Crippen LogP contribution in [0.2, 0.25) is 0 Å². The minimum atomic E-state index is -0.259. The number of aromatic nitrogens is 2. The molecule has 2 aliphatic heterocycles. The second kappa shape index (κ2) is 13.2. The number of carbonyl (C=O) groups excluding carboxylic acids is 1. The van der Waals surface area contributed by atoms with Gasteiger partial charge in [-0.2, -0.15) is 4.98 Å². The third kappa shape index (κ3) is 6.89. The summed E-state index contributed by atoms with van der Waals surface area (Å²) in [5, 5.41) is 0. The number of hydrogen-bond donors (Lipinski definition) is 1. The number of anilines is 1. The van der Waals surface area contributed by atoms with E-state index in [-0.39, 0.29) is 12.0 Å². The lowest BCUT2D eigenvalue weighted by molar-refractivity contribution is 0.0690. The molecule has 1 unspecified atom stereocenters. The number of fused-ring (bicyclic) bond motifs is 6. The lowest BCUT2D eigenvalue weighted by Crippen LogP contribution is -2.40. The highest BCUT2D eigenvalue weighted by atomic mass is 32.2. The summed E-state index contributed by atoms with van der Waals surface area (Å²) < 4.78 is 9.89. The van der Waals surface area contributed by atoms with Gasteiger partial charge in [0.05, 0.1) is 12.2 Å². The minimum Gasteiger partial charge on any atom is -0.471 e. The van der Waals surface area contributed by atoms with E-state index in [0.717, 1.165) is 40.4 Å². The summed E-state index contributed by atoms with van der Waals surface area (Å²) >= 11 is 1.39. The summed E-state index contributed by atoms with van der Waals surface area (Å²) in [5.41, 5.74) is 6.08. The van der Waals surface area contributed by atoms with Crippen molar-refractivity contribution in [2.45, 2.75) is 45.2 Å². The van der Waals surface area contributed by atoms with Crippen LogP contribution < -0.4 is 9.46 Å². The second-order valence-corrected chi connectivity index (χ2v) is 11.0. The van der Waals surface area contributed by atoms with Crippen LogP contribution in [0.1, 0.15) is 40.9 Å². The fourth-order valence-corrected chi connectivity index (χ4v) is 5.94. The van der Waals surface area contributed by atoms with Crippen molar-refractivity contribution in [3.05, 3.63) is 101 Å². The van der Waals surface area contributed by atoms with Crippen LogP contribution in [0.4, 0.5) is 5.95 Å². The molecule has 6 bridgehead atoms. The summed E-state index contributed by atoms with van der Waals surface area (Å²) in [4.78, 5) is 28.4. The average Bonchev–Trinajstić information content (AvgIpc) is 3.18. The van der Waals surface area contributed by atoms with E-state index in [1.54, 1.807) is 0 Å². The number of hydrogen-bond acceptors (Lipinski definition) is 7. The van der Waals surface area contributed by atoms with Gasteiger partial charge < -0.3 is 9.64 Å². The van der Waals surface area contributed by atoms with Gasteiger partial charge >= 0.3 is 0 Å². The summed E-state index contributed by atoms with van der Waals surface area (Å²) in [6.07, 6.45) is -0.259. The van der Waals surface area contributed by atoms with Gasteiger partial charge in [-0.15, -0.1) is 0 Å². The molecule has 8 heteroatoms. The first-order valence-electron chi connectivity index (χ1n) is 14.2. The van der Waals surface area contributed by atoms with E-state index in [1.165, 1.54) is 17.5 Å². The van der Waals surface area contributed by atoms with E-state index >= 15 is 0 Å². The molecule has 3 aromatic carbocycles. The van der Waals surface area contributed by atoms with Crippen LogP contribution in [0.15, 0.2) is 83.8 Å². The van der Waals surface area contributed by atoms with Crippen molar-refractivity contribution >= 4 is 23.8 Å². The van der Waals surface area contributed by atoms with Gasteiger partial charge in [0.15, 0.2) is 0 Å². The first kappa shape index (κ1) is 28.6. The monoisotopic (exact) mass is 567 g/mol. The van der Waals surface area contributed by atoms with Crippen molar-refractivity contribution in [2.24, 2.45) is 0 Å². The Bertz CT molecular complexity index is 1480. The van der Waals surface area contributed by atoms with Crippen LogP contribution in [0.25, 0.3) is 11.3 Å². The summed E-state index contributed by atoms with van der Waals surface area (Å²) in [7, 11) is 0. The quantitative estimate of drug-likeness (QED) is 0.279. The Morgan fingerprint density at radius 1 is 0.902 bits per heavy atom. The van der Waals surface area contributed by atoms with Crippen molar-refractivity contribution in [1.82, 2.24) is 19.8 Å². The number of nitrogens with zero attached hydrogens (tertiary/aromatic N) is 4. The molecular formula is C33H37N5O2S. The Labute approximate surface area is 247 Å². The molecule has 7 nitrogen and oxygen atoms in total. The molecule has 1 N–H and O–H groups in total. The standard InChI is InChI=1S/C31H31N5O2S.C2H6/c1-21-8-6-9-22(2)29(21)27-17-28-33-31(32-27)34-39-26-13-7-12-24(16-26)30(37)36-15-14-35(19-25(20-36)38-28)18-23-10-4-3-5-11-23;1-2/h3-13,16-17,25H,14-15,18-20H2,1-2H3,(H,32,33,34);1-2H3. The van der Waals surface area contributed by atoms with Gasteiger partial charge in [0.2, 0.25) is 11.8 Å². The average molecular weight is 568 g/mol. The maximum atomic E-state index is 13.6. The minimum absolute atomic E-state index is 0.0147. The first-order chi connectivity index (χ1) is 20.0. The number of amides is 1. The molecule has 41 heavy (non-hydrogen) atoms.